The van der Waals surface area contributed by atoms with E-state index in [4.69, 9.17) is 25.7 Å². The average molecular weight is 581 g/mol. The van der Waals surface area contributed by atoms with Gasteiger partial charge in [0.1, 0.15) is 5.82 Å². The number of imidazole rings is 1. The first-order chi connectivity index (χ1) is 19.0. The Hall–Kier alpha value is -2.67. The van der Waals surface area contributed by atoms with Crippen LogP contribution in [0.25, 0.3) is 6.08 Å². The van der Waals surface area contributed by atoms with E-state index in [-0.39, 0.29) is 11.0 Å². The Bertz CT molecular complexity index is 1290. The lowest BCUT2D eigenvalue weighted by Gasteiger charge is -2.36. The molecule has 0 bridgehead atoms. The first-order valence-corrected chi connectivity index (χ1v) is 17.6. The van der Waals surface area contributed by atoms with Crippen LogP contribution in [0, 0.1) is 0 Å². The molecular formula is C33H45ClN2O3Si. The molecule has 3 rings (SSSR count). The number of ether oxygens (including phenoxy) is 1. The second-order valence-electron chi connectivity index (χ2n) is 11.7. The van der Waals surface area contributed by atoms with Crippen molar-refractivity contribution < 1.29 is 14.0 Å². The van der Waals surface area contributed by atoms with E-state index in [1.165, 1.54) is 0 Å². The molecule has 0 saturated carbocycles. The zero-order chi connectivity index (χ0) is 29.3. The molecule has 0 aliphatic carbocycles. The molecule has 0 aliphatic heterocycles. The summed E-state index contributed by atoms with van der Waals surface area (Å²) in [7, 11) is -2.05. The number of rotatable bonds is 13. The van der Waals surface area contributed by atoms with Gasteiger partial charge in [0.15, 0.2) is 8.32 Å². The number of carbonyl (C=O) groups excluding carboxylic acids is 1. The van der Waals surface area contributed by atoms with Gasteiger partial charge in [0, 0.05) is 23.4 Å². The van der Waals surface area contributed by atoms with Gasteiger partial charge < -0.3 is 13.7 Å². The zero-order valence-electron chi connectivity index (χ0n) is 25.2. The van der Waals surface area contributed by atoms with Gasteiger partial charge in [-0.2, -0.15) is 0 Å². The Morgan fingerprint density at radius 1 is 1.05 bits per heavy atom. The third-order valence-corrected chi connectivity index (χ3v) is 12.5. The molecule has 216 valence electrons. The van der Waals surface area contributed by atoms with Gasteiger partial charge in [-0.05, 0) is 54.7 Å². The molecule has 0 atom stereocenters. The van der Waals surface area contributed by atoms with E-state index in [1.807, 2.05) is 67.6 Å². The number of nitrogens with zero attached hydrogens (tertiary/aromatic N) is 2. The summed E-state index contributed by atoms with van der Waals surface area (Å²) in [4.78, 5) is 18.4. The summed E-state index contributed by atoms with van der Waals surface area (Å²) in [6.45, 7) is 16.5. The number of esters is 1. The van der Waals surface area contributed by atoms with Crippen LogP contribution in [0.4, 0.5) is 0 Å². The molecule has 2 aromatic carbocycles. The van der Waals surface area contributed by atoms with Crippen LogP contribution in [0.1, 0.15) is 75.8 Å². The lowest BCUT2D eigenvalue weighted by molar-refractivity contribution is -0.138. The zero-order valence-corrected chi connectivity index (χ0v) is 27.0. The molecule has 0 aliphatic rings. The molecule has 3 aromatic rings. The van der Waals surface area contributed by atoms with Crippen LogP contribution in [0.5, 0.6) is 0 Å². The van der Waals surface area contributed by atoms with Crippen LogP contribution in [-0.4, -0.2) is 30.4 Å². The van der Waals surface area contributed by atoms with Gasteiger partial charge in [-0.15, -0.1) is 0 Å². The van der Waals surface area contributed by atoms with Crippen LogP contribution in [0.2, 0.25) is 23.2 Å². The third-order valence-electron chi connectivity index (χ3n) is 7.66. The topological polar surface area (TPSA) is 53.4 Å². The van der Waals surface area contributed by atoms with Gasteiger partial charge in [-0.1, -0.05) is 94.2 Å². The number of benzene rings is 2. The number of unbranched alkanes of at least 4 members (excludes halogenated alkanes) is 1. The fourth-order valence-corrected chi connectivity index (χ4v) is 5.31. The summed E-state index contributed by atoms with van der Waals surface area (Å²) in [6.07, 6.45) is 5.33. The highest BCUT2D eigenvalue weighted by Gasteiger charge is 2.37. The molecular weight excluding hydrogens is 536 g/mol. The van der Waals surface area contributed by atoms with Crippen molar-refractivity contribution in [1.82, 2.24) is 9.55 Å². The maximum absolute atomic E-state index is 13.2. The van der Waals surface area contributed by atoms with E-state index < -0.39 is 8.32 Å². The Morgan fingerprint density at radius 3 is 2.35 bits per heavy atom. The summed E-state index contributed by atoms with van der Waals surface area (Å²) >= 11 is 6.62. The molecule has 0 fully saturated rings. The van der Waals surface area contributed by atoms with Crippen LogP contribution in [-0.2, 0) is 40.0 Å². The molecule has 5 nitrogen and oxygen atoms in total. The fraction of sp³-hybridized carbons (Fsp3) is 0.455. The van der Waals surface area contributed by atoms with E-state index >= 15 is 0 Å². The van der Waals surface area contributed by atoms with Gasteiger partial charge in [0.05, 0.1) is 31.1 Å². The SMILES string of the molecule is CCCCc1nc(CO[Si](C)(C)C(C)(C)C)c(/C=C(\Cc2ccccc2)C(=O)OCC)n1Cc1ccccc1Cl. The minimum atomic E-state index is -2.05. The van der Waals surface area contributed by atoms with Gasteiger partial charge >= 0.3 is 5.97 Å². The normalized spacial score (nSPS) is 12.6. The summed E-state index contributed by atoms with van der Waals surface area (Å²) in [5, 5.41) is 0.777. The van der Waals surface area contributed by atoms with E-state index in [2.05, 4.69) is 45.4 Å². The highest BCUT2D eigenvalue weighted by atomic mass is 35.5. The maximum Gasteiger partial charge on any atom is 0.334 e. The largest absolute Gasteiger partial charge is 0.463 e. The van der Waals surface area contributed by atoms with Crippen molar-refractivity contribution in [3.8, 4) is 0 Å². The minimum absolute atomic E-state index is 0.0670. The molecule has 1 aromatic heterocycles. The van der Waals surface area contributed by atoms with Crippen molar-refractivity contribution in [2.24, 2.45) is 0 Å². The number of hydrogen-bond acceptors (Lipinski definition) is 4. The summed E-state index contributed by atoms with van der Waals surface area (Å²) < 4.78 is 14.4. The quantitative estimate of drug-likeness (QED) is 0.115. The standard InChI is InChI=1S/C33H45ClN2O3Si/c1-8-10-20-31-35-29(24-39-40(6,7)33(3,4)5)30(36(31)23-26-18-14-15-19-28(26)34)22-27(32(37)38-9-2)21-25-16-12-11-13-17-25/h11-19,22H,8-10,20-21,23-24H2,1-7H3/b27-22+. The molecule has 0 radical (unpaired) electrons. The second kappa shape index (κ2) is 14.3. The Balaban J connectivity index is 2.19. The minimum Gasteiger partial charge on any atom is -0.463 e. The maximum atomic E-state index is 13.2. The Morgan fingerprint density at radius 2 is 1.73 bits per heavy atom. The van der Waals surface area contributed by atoms with E-state index in [0.29, 0.717) is 36.8 Å². The van der Waals surface area contributed by atoms with Crippen LogP contribution in [0.3, 0.4) is 0 Å². The van der Waals surface area contributed by atoms with Crippen LogP contribution in [0.15, 0.2) is 60.2 Å². The Kier molecular flexibility index (Phi) is 11.4. The smallest absolute Gasteiger partial charge is 0.334 e. The molecule has 0 N–H and O–H groups in total. The number of aromatic nitrogens is 2. The predicted octanol–water partition coefficient (Wildman–Crippen LogP) is 8.64. The molecule has 1 heterocycles. The van der Waals surface area contributed by atoms with Gasteiger partial charge in [-0.3, -0.25) is 0 Å². The molecule has 40 heavy (non-hydrogen) atoms. The molecule has 0 spiro atoms. The number of aryl methyl sites for hydroxylation is 1. The van der Waals surface area contributed by atoms with Crippen LogP contribution >= 0.6 is 11.6 Å². The van der Waals surface area contributed by atoms with Gasteiger partial charge in [0.25, 0.3) is 0 Å². The summed E-state index contributed by atoms with van der Waals surface area (Å²) in [5.74, 6) is 0.660. The highest BCUT2D eigenvalue weighted by Crippen LogP contribution is 2.37. The highest BCUT2D eigenvalue weighted by molar-refractivity contribution is 6.74. The average Bonchev–Trinajstić information content (AvgIpc) is 3.23. The van der Waals surface area contributed by atoms with Crippen molar-refractivity contribution in [3.63, 3.8) is 0 Å². The third kappa shape index (κ3) is 8.42. The van der Waals surface area contributed by atoms with Crippen molar-refractivity contribution in [2.45, 2.75) is 91.6 Å². The molecule has 7 heteroatoms. The van der Waals surface area contributed by atoms with Gasteiger partial charge in [-0.25, -0.2) is 9.78 Å². The van der Waals surface area contributed by atoms with Crippen LogP contribution < -0.4 is 0 Å². The number of hydrogen-bond donors (Lipinski definition) is 0. The fourth-order valence-electron chi connectivity index (χ4n) is 4.19. The number of carbonyl (C=O) groups is 1. The number of halogens is 1. The summed E-state index contributed by atoms with van der Waals surface area (Å²) in [5.41, 5.74) is 4.36. The van der Waals surface area contributed by atoms with Crippen molar-refractivity contribution in [2.75, 3.05) is 6.61 Å². The summed E-state index contributed by atoms with van der Waals surface area (Å²) in [6, 6.07) is 17.9. The Labute approximate surface area is 246 Å². The van der Waals surface area contributed by atoms with E-state index in [0.717, 1.165) is 47.6 Å². The van der Waals surface area contributed by atoms with Crippen molar-refractivity contribution in [3.05, 3.63) is 93.5 Å². The first kappa shape index (κ1) is 31.8. The van der Waals surface area contributed by atoms with Crippen molar-refractivity contribution >= 4 is 32.0 Å². The molecule has 0 saturated heterocycles. The monoisotopic (exact) mass is 580 g/mol. The predicted molar refractivity (Wildman–Crippen MR) is 168 cm³/mol. The second-order valence-corrected chi connectivity index (χ2v) is 17.0. The van der Waals surface area contributed by atoms with Gasteiger partial charge in [0.2, 0.25) is 0 Å². The lowest BCUT2D eigenvalue weighted by Crippen LogP contribution is -2.40. The van der Waals surface area contributed by atoms with Crippen molar-refractivity contribution in [1.29, 1.82) is 0 Å². The van der Waals surface area contributed by atoms with E-state index in [1.54, 1.807) is 0 Å². The lowest BCUT2D eigenvalue weighted by atomic mass is 10.0. The van der Waals surface area contributed by atoms with E-state index in [9.17, 15) is 4.79 Å². The first-order valence-electron chi connectivity index (χ1n) is 14.3. The molecule has 0 unspecified atom stereocenters. The molecule has 0 amide bonds.